The molecule has 5 heteroatoms. The highest BCUT2D eigenvalue weighted by molar-refractivity contribution is 7.94. The van der Waals surface area contributed by atoms with Gasteiger partial charge in [-0.2, -0.15) is 0 Å². The fourth-order valence-electron chi connectivity index (χ4n) is 1.98. The average molecular weight is 253 g/mol. The van der Waals surface area contributed by atoms with Crippen LogP contribution in [0.25, 0.3) is 0 Å². The second-order valence-electron chi connectivity index (χ2n) is 4.20. The first kappa shape index (κ1) is 12.3. The second kappa shape index (κ2) is 4.25. The molecule has 1 unspecified atom stereocenters. The van der Waals surface area contributed by atoms with Crippen molar-refractivity contribution in [3.63, 3.8) is 0 Å². The van der Waals surface area contributed by atoms with E-state index in [0.29, 0.717) is 18.5 Å². The Hall–Kier alpha value is -1.17. The van der Waals surface area contributed by atoms with Gasteiger partial charge in [-0.3, -0.25) is 0 Å². The molecule has 92 valence electrons. The van der Waals surface area contributed by atoms with Crippen LogP contribution in [0.2, 0.25) is 0 Å². The van der Waals surface area contributed by atoms with Crippen molar-refractivity contribution >= 4 is 9.84 Å². The summed E-state index contributed by atoms with van der Waals surface area (Å²) in [6.07, 6.45) is 0.588. The van der Waals surface area contributed by atoms with Crippen LogP contribution in [-0.4, -0.2) is 26.6 Å². The number of sulfone groups is 1. The Morgan fingerprint density at radius 2 is 2.24 bits per heavy atom. The Morgan fingerprint density at radius 1 is 1.47 bits per heavy atom. The van der Waals surface area contributed by atoms with Gasteiger partial charge in [0.1, 0.15) is 5.60 Å². The van der Waals surface area contributed by atoms with E-state index in [9.17, 15) is 13.5 Å². The van der Waals surface area contributed by atoms with E-state index in [2.05, 4.69) is 11.9 Å². The van der Waals surface area contributed by atoms with Crippen LogP contribution in [-0.2, 0) is 15.4 Å². The van der Waals surface area contributed by atoms with Crippen LogP contribution in [0.4, 0.5) is 0 Å². The first-order valence-corrected chi connectivity index (χ1v) is 6.94. The van der Waals surface area contributed by atoms with Gasteiger partial charge < -0.3 is 10.4 Å². The van der Waals surface area contributed by atoms with Gasteiger partial charge >= 0.3 is 0 Å². The molecule has 4 nitrogen and oxygen atoms in total. The van der Waals surface area contributed by atoms with Gasteiger partial charge in [-0.15, -0.1) is 0 Å². The smallest absolute Gasteiger partial charge is 0.199 e. The molecule has 1 saturated heterocycles. The maximum absolute atomic E-state index is 11.7. The summed E-state index contributed by atoms with van der Waals surface area (Å²) in [6, 6.07) is 6.41. The molecule has 2 rings (SSSR count). The summed E-state index contributed by atoms with van der Waals surface area (Å²) in [7, 11) is -3.44. The van der Waals surface area contributed by atoms with Gasteiger partial charge in [-0.25, -0.2) is 8.42 Å². The van der Waals surface area contributed by atoms with Crippen molar-refractivity contribution in [2.75, 3.05) is 13.1 Å². The molecule has 1 aromatic carbocycles. The van der Waals surface area contributed by atoms with E-state index in [4.69, 9.17) is 0 Å². The zero-order valence-corrected chi connectivity index (χ0v) is 10.2. The van der Waals surface area contributed by atoms with Crippen LogP contribution in [0.15, 0.2) is 41.1 Å². The number of rotatable bonds is 3. The van der Waals surface area contributed by atoms with Gasteiger partial charge in [0, 0.05) is 12.0 Å². The SMILES string of the molecule is C=CS(=O)(=O)c1cccc(C2(O)CCNC2)c1. The minimum atomic E-state index is -3.44. The number of hydrogen-bond donors (Lipinski definition) is 2. The third-order valence-electron chi connectivity index (χ3n) is 3.05. The third kappa shape index (κ3) is 2.26. The molecule has 0 saturated carbocycles. The lowest BCUT2D eigenvalue weighted by atomic mass is 9.93. The maximum atomic E-state index is 11.7. The zero-order valence-electron chi connectivity index (χ0n) is 9.39. The molecule has 1 aliphatic rings. The van der Waals surface area contributed by atoms with Crippen molar-refractivity contribution in [3.05, 3.63) is 41.8 Å². The molecule has 0 spiro atoms. The molecule has 0 amide bonds. The molecule has 1 aromatic rings. The van der Waals surface area contributed by atoms with E-state index < -0.39 is 15.4 Å². The van der Waals surface area contributed by atoms with Crippen molar-refractivity contribution in [2.24, 2.45) is 0 Å². The van der Waals surface area contributed by atoms with Crippen LogP contribution in [0.5, 0.6) is 0 Å². The van der Waals surface area contributed by atoms with Crippen LogP contribution >= 0.6 is 0 Å². The molecule has 1 heterocycles. The Kier molecular flexibility index (Phi) is 3.07. The molecule has 1 fully saturated rings. The van der Waals surface area contributed by atoms with E-state index in [-0.39, 0.29) is 4.90 Å². The predicted octanol–water partition coefficient (Wildman–Crippen LogP) is 0.785. The summed E-state index contributed by atoms with van der Waals surface area (Å²) in [5.74, 6) is 0. The van der Waals surface area contributed by atoms with Gasteiger partial charge in [0.2, 0.25) is 0 Å². The highest BCUT2D eigenvalue weighted by Crippen LogP contribution is 2.29. The molecule has 0 aromatic heterocycles. The van der Waals surface area contributed by atoms with Gasteiger partial charge in [0.25, 0.3) is 0 Å². The molecule has 1 atom stereocenters. The van der Waals surface area contributed by atoms with Crippen LogP contribution in [0.1, 0.15) is 12.0 Å². The van der Waals surface area contributed by atoms with E-state index >= 15 is 0 Å². The Morgan fingerprint density at radius 3 is 2.82 bits per heavy atom. The van der Waals surface area contributed by atoms with E-state index in [1.54, 1.807) is 12.1 Å². The number of aliphatic hydroxyl groups is 1. The van der Waals surface area contributed by atoms with E-state index in [1.165, 1.54) is 12.1 Å². The molecular formula is C12H15NO3S. The third-order valence-corrected chi connectivity index (χ3v) is 4.40. The molecule has 2 N–H and O–H groups in total. The van der Waals surface area contributed by atoms with Crippen molar-refractivity contribution in [3.8, 4) is 0 Å². The fourth-order valence-corrected chi connectivity index (χ4v) is 2.74. The fraction of sp³-hybridized carbons (Fsp3) is 0.333. The summed E-state index contributed by atoms with van der Waals surface area (Å²) in [5.41, 5.74) is -0.336. The zero-order chi connectivity index (χ0) is 12.5. The standard InChI is InChI=1S/C12H15NO3S/c1-2-17(15,16)11-5-3-4-10(8-11)12(14)6-7-13-9-12/h2-5,8,13-14H,1,6-7,9H2. The summed E-state index contributed by atoms with van der Waals surface area (Å²) < 4.78 is 23.3. The Labute approximate surface area is 101 Å². The first-order chi connectivity index (χ1) is 7.98. The minimum Gasteiger partial charge on any atom is -0.384 e. The average Bonchev–Trinajstić information content (AvgIpc) is 2.78. The van der Waals surface area contributed by atoms with Crippen LogP contribution in [0.3, 0.4) is 0 Å². The molecular weight excluding hydrogens is 238 g/mol. The Balaban J connectivity index is 2.45. The highest BCUT2D eigenvalue weighted by Gasteiger charge is 2.33. The van der Waals surface area contributed by atoms with Crippen molar-refractivity contribution in [1.82, 2.24) is 5.32 Å². The predicted molar refractivity (Wildman–Crippen MR) is 65.2 cm³/mol. The quantitative estimate of drug-likeness (QED) is 0.835. The molecule has 17 heavy (non-hydrogen) atoms. The van der Waals surface area contributed by atoms with Crippen LogP contribution in [0, 0.1) is 0 Å². The Bertz CT molecular complexity index is 530. The lowest BCUT2D eigenvalue weighted by Crippen LogP contribution is -2.28. The summed E-state index contributed by atoms with van der Waals surface area (Å²) >= 11 is 0. The number of benzene rings is 1. The van der Waals surface area contributed by atoms with Crippen molar-refractivity contribution < 1.29 is 13.5 Å². The van der Waals surface area contributed by atoms with E-state index in [1.807, 2.05) is 0 Å². The first-order valence-electron chi connectivity index (χ1n) is 5.39. The molecule has 0 aliphatic carbocycles. The second-order valence-corrected chi connectivity index (χ2v) is 6.09. The van der Waals surface area contributed by atoms with Crippen molar-refractivity contribution in [2.45, 2.75) is 16.9 Å². The monoisotopic (exact) mass is 253 g/mol. The van der Waals surface area contributed by atoms with Crippen LogP contribution < -0.4 is 5.32 Å². The highest BCUT2D eigenvalue weighted by atomic mass is 32.2. The molecule has 0 bridgehead atoms. The molecule has 1 aliphatic heterocycles. The number of nitrogens with one attached hydrogen (secondary N) is 1. The number of hydrogen-bond acceptors (Lipinski definition) is 4. The van der Waals surface area contributed by atoms with Crippen molar-refractivity contribution in [1.29, 1.82) is 0 Å². The van der Waals surface area contributed by atoms with Gasteiger partial charge in [0.05, 0.1) is 4.90 Å². The summed E-state index contributed by atoms with van der Waals surface area (Å²) in [4.78, 5) is 0.172. The lowest BCUT2D eigenvalue weighted by Gasteiger charge is -2.22. The van der Waals surface area contributed by atoms with Gasteiger partial charge in [0.15, 0.2) is 9.84 Å². The molecule has 0 radical (unpaired) electrons. The summed E-state index contributed by atoms with van der Waals surface area (Å²) in [5, 5.41) is 14.3. The maximum Gasteiger partial charge on any atom is 0.199 e. The van der Waals surface area contributed by atoms with Gasteiger partial charge in [-0.1, -0.05) is 18.7 Å². The van der Waals surface area contributed by atoms with E-state index in [0.717, 1.165) is 12.0 Å². The number of β-amino-alcohol motifs (C(OH)–C–C–N with tert-alkyl or cyclic N) is 1. The normalized spacial score (nSPS) is 24.8. The largest absolute Gasteiger partial charge is 0.384 e. The topological polar surface area (TPSA) is 66.4 Å². The summed E-state index contributed by atoms with van der Waals surface area (Å²) in [6.45, 7) is 4.47. The van der Waals surface area contributed by atoms with Gasteiger partial charge in [-0.05, 0) is 30.7 Å². The lowest BCUT2D eigenvalue weighted by molar-refractivity contribution is 0.0585. The minimum absolute atomic E-state index is 0.172.